The number of hydrogen-bond acceptors (Lipinski definition) is 7. The van der Waals surface area contributed by atoms with Gasteiger partial charge < -0.3 is 24.4 Å². The summed E-state index contributed by atoms with van der Waals surface area (Å²) < 4.78 is 12.9. The Morgan fingerprint density at radius 1 is 1.52 bits per heavy atom. The van der Waals surface area contributed by atoms with Crippen LogP contribution in [0.2, 0.25) is 0 Å². The highest BCUT2D eigenvalue weighted by Crippen LogP contribution is 2.17. The molecule has 1 aliphatic rings. The predicted molar refractivity (Wildman–Crippen MR) is 105 cm³/mol. The summed E-state index contributed by atoms with van der Waals surface area (Å²) in [6.45, 7) is 7.32. The molecule has 0 aliphatic carbocycles. The van der Waals surface area contributed by atoms with Crippen molar-refractivity contribution >= 4 is 12.0 Å². The molecule has 2 heterocycles. The van der Waals surface area contributed by atoms with Crippen LogP contribution in [0.15, 0.2) is 6.20 Å². The molecule has 2 bridgehead atoms. The molecule has 0 fully saturated rings. The molecule has 0 saturated heterocycles. The van der Waals surface area contributed by atoms with Gasteiger partial charge in [-0.25, -0.2) is 4.79 Å². The van der Waals surface area contributed by atoms with Gasteiger partial charge in [-0.3, -0.25) is 9.48 Å². The third-order valence-electron chi connectivity index (χ3n) is 5.08. The number of carbonyl (C=O) groups is 2. The number of aromatic nitrogens is 3. The van der Waals surface area contributed by atoms with E-state index in [1.165, 1.54) is 4.90 Å². The zero-order chi connectivity index (χ0) is 21.4. The van der Waals surface area contributed by atoms with Crippen LogP contribution in [0, 0.1) is 5.92 Å². The summed E-state index contributed by atoms with van der Waals surface area (Å²) in [6, 6.07) is -0.295. The number of aryl methyl sites for hydroxylation is 1. The van der Waals surface area contributed by atoms with Crippen LogP contribution in [0.5, 0.6) is 0 Å². The molecule has 164 valence electrons. The minimum atomic E-state index is -0.422. The first-order chi connectivity index (χ1) is 13.8. The number of aliphatic hydroxyl groups excluding tert-OH is 1. The average molecular weight is 412 g/mol. The average Bonchev–Trinajstić information content (AvgIpc) is 3.15. The van der Waals surface area contributed by atoms with E-state index >= 15 is 0 Å². The fourth-order valence-corrected chi connectivity index (χ4v) is 3.27. The highest BCUT2D eigenvalue weighted by molar-refractivity contribution is 5.76. The third kappa shape index (κ3) is 6.67. The van der Waals surface area contributed by atoms with Crippen molar-refractivity contribution in [3.63, 3.8) is 0 Å². The van der Waals surface area contributed by atoms with Gasteiger partial charge in [-0.1, -0.05) is 12.1 Å². The molecule has 3 atom stereocenters. The summed E-state index contributed by atoms with van der Waals surface area (Å²) >= 11 is 0. The Bertz CT molecular complexity index is 667. The van der Waals surface area contributed by atoms with Gasteiger partial charge >= 0.3 is 6.09 Å². The molecule has 1 N–H and O–H groups in total. The lowest BCUT2D eigenvalue weighted by molar-refractivity contribution is -0.136. The molecule has 0 spiro atoms. The lowest BCUT2D eigenvalue weighted by Crippen LogP contribution is -2.47. The standard InChI is InChI=1S/C19H33N5O5/c1-5-28-19(27)22(4)11-17-14(2)9-24(15(3)12-25)18(26)7-6-8-23-10-16(13-29-17)20-21-23/h10,14-15,17,25H,5-9,11-13H2,1-4H3/t14-,15+,17+/m1/s1. The van der Waals surface area contributed by atoms with Gasteiger partial charge in [-0.15, -0.1) is 5.10 Å². The van der Waals surface area contributed by atoms with E-state index in [0.717, 1.165) is 0 Å². The number of nitrogens with zero attached hydrogens (tertiary/aromatic N) is 5. The Balaban J connectivity index is 2.21. The molecule has 0 radical (unpaired) electrons. The number of amides is 2. The maximum Gasteiger partial charge on any atom is 0.409 e. The first kappa shape index (κ1) is 23.1. The summed E-state index contributed by atoms with van der Waals surface area (Å²) in [5.41, 5.74) is 0.701. The summed E-state index contributed by atoms with van der Waals surface area (Å²) in [7, 11) is 1.66. The van der Waals surface area contributed by atoms with Crippen molar-refractivity contribution in [2.45, 2.75) is 58.9 Å². The second-order valence-corrected chi connectivity index (χ2v) is 7.56. The second-order valence-electron chi connectivity index (χ2n) is 7.56. The topological polar surface area (TPSA) is 110 Å². The predicted octanol–water partition coefficient (Wildman–Crippen LogP) is 0.891. The van der Waals surface area contributed by atoms with E-state index in [2.05, 4.69) is 10.3 Å². The Kier molecular flexibility index (Phi) is 8.84. The molecule has 0 saturated carbocycles. The summed E-state index contributed by atoms with van der Waals surface area (Å²) in [5.74, 6) is -0.101. The maximum atomic E-state index is 12.8. The zero-order valence-electron chi connectivity index (χ0n) is 17.8. The Hall–Kier alpha value is -2.20. The largest absolute Gasteiger partial charge is 0.450 e. The lowest BCUT2D eigenvalue weighted by Gasteiger charge is -2.35. The third-order valence-corrected chi connectivity index (χ3v) is 5.08. The SMILES string of the molecule is CCOC(=O)N(C)C[C@@H]1OCc2cn(nn2)CCCC(=O)N([C@@H](C)CO)C[C@H]1C. The number of aliphatic hydroxyl groups is 1. The van der Waals surface area contributed by atoms with Gasteiger partial charge in [0, 0.05) is 32.5 Å². The van der Waals surface area contributed by atoms with Crippen molar-refractivity contribution in [3.05, 3.63) is 11.9 Å². The van der Waals surface area contributed by atoms with Crippen LogP contribution in [-0.4, -0.2) is 87.4 Å². The molecule has 2 amide bonds. The van der Waals surface area contributed by atoms with E-state index < -0.39 is 6.09 Å². The van der Waals surface area contributed by atoms with Gasteiger partial charge in [-0.05, 0) is 20.3 Å². The first-order valence-corrected chi connectivity index (χ1v) is 10.1. The number of likely N-dealkylation sites (N-methyl/N-ethyl adjacent to an activating group) is 1. The summed E-state index contributed by atoms with van der Waals surface area (Å²) in [6.07, 6.45) is 2.04. The van der Waals surface area contributed by atoms with Crippen LogP contribution in [0.4, 0.5) is 4.79 Å². The van der Waals surface area contributed by atoms with E-state index in [9.17, 15) is 14.7 Å². The first-order valence-electron chi connectivity index (χ1n) is 10.1. The molecule has 2 rings (SSSR count). The minimum absolute atomic E-state index is 0.0181. The molecule has 1 aliphatic heterocycles. The number of rotatable bonds is 5. The van der Waals surface area contributed by atoms with Crippen molar-refractivity contribution in [1.29, 1.82) is 0 Å². The van der Waals surface area contributed by atoms with Gasteiger partial charge in [-0.2, -0.15) is 0 Å². The molecule has 10 heteroatoms. The van der Waals surface area contributed by atoms with E-state index in [1.54, 1.807) is 23.6 Å². The summed E-state index contributed by atoms with van der Waals surface area (Å²) in [4.78, 5) is 28.0. The highest BCUT2D eigenvalue weighted by atomic mass is 16.6. The van der Waals surface area contributed by atoms with Crippen LogP contribution >= 0.6 is 0 Å². The van der Waals surface area contributed by atoms with E-state index in [-0.39, 0.29) is 37.2 Å². The lowest BCUT2D eigenvalue weighted by atomic mass is 10.0. The van der Waals surface area contributed by atoms with Crippen LogP contribution in [0.1, 0.15) is 39.3 Å². The van der Waals surface area contributed by atoms with E-state index in [4.69, 9.17) is 9.47 Å². The van der Waals surface area contributed by atoms with Crippen LogP contribution in [0.3, 0.4) is 0 Å². The van der Waals surface area contributed by atoms with Crippen LogP contribution in [0.25, 0.3) is 0 Å². The van der Waals surface area contributed by atoms with Gasteiger partial charge in [0.25, 0.3) is 0 Å². The maximum absolute atomic E-state index is 12.8. The highest BCUT2D eigenvalue weighted by Gasteiger charge is 2.29. The van der Waals surface area contributed by atoms with E-state index in [0.29, 0.717) is 44.8 Å². The number of hydrogen-bond donors (Lipinski definition) is 1. The van der Waals surface area contributed by atoms with Crippen molar-refractivity contribution < 1.29 is 24.2 Å². The van der Waals surface area contributed by atoms with Crippen molar-refractivity contribution in [1.82, 2.24) is 24.8 Å². The smallest absolute Gasteiger partial charge is 0.409 e. The molecule has 0 aromatic carbocycles. The molecule has 1 aromatic rings. The fraction of sp³-hybridized carbons (Fsp3) is 0.789. The van der Waals surface area contributed by atoms with Crippen molar-refractivity contribution in [3.8, 4) is 0 Å². The van der Waals surface area contributed by atoms with Gasteiger partial charge in [0.15, 0.2) is 0 Å². The normalized spacial score (nSPS) is 22.2. The zero-order valence-corrected chi connectivity index (χ0v) is 17.8. The number of ether oxygens (including phenoxy) is 2. The Labute approximate surface area is 171 Å². The monoisotopic (exact) mass is 411 g/mol. The fourth-order valence-electron chi connectivity index (χ4n) is 3.27. The van der Waals surface area contributed by atoms with Crippen LogP contribution < -0.4 is 0 Å². The second kappa shape index (κ2) is 11.1. The minimum Gasteiger partial charge on any atom is -0.450 e. The molecular formula is C19H33N5O5. The van der Waals surface area contributed by atoms with Crippen molar-refractivity contribution in [2.24, 2.45) is 5.92 Å². The van der Waals surface area contributed by atoms with Gasteiger partial charge in [0.05, 0.1) is 44.7 Å². The van der Waals surface area contributed by atoms with Crippen molar-refractivity contribution in [2.75, 3.05) is 33.4 Å². The molecular weight excluding hydrogens is 378 g/mol. The molecule has 29 heavy (non-hydrogen) atoms. The molecule has 0 unspecified atom stereocenters. The molecule has 10 nitrogen and oxygen atoms in total. The number of carbonyl (C=O) groups excluding carboxylic acids is 2. The Morgan fingerprint density at radius 2 is 2.28 bits per heavy atom. The quantitative estimate of drug-likeness (QED) is 0.766. The van der Waals surface area contributed by atoms with Gasteiger partial charge in [0.1, 0.15) is 5.69 Å². The van der Waals surface area contributed by atoms with E-state index in [1.807, 2.05) is 20.0 Å². The summed E-state index contributed by atoms with van der Waals surface area (Å²) in [5, 5.41) is 17.8. The molecule has 1 aromatic heterocycles. The Morgan fingerprint density at radius 3 is 2.97 bits per heavy atom. The number of fused-ring (bicyclic) bond motifs is 2. The van der Waals surface area contributed by atoms with Gasteiger partial charge in [0.2, 0.25) is 5.91 Å². The van der Waals surface area contributed by atoms with Crippen LogP contribution in [-0.2, 0) is 27.4 Å².